The van der Waals surface area contributed by atoms with Crippen molar-refractivity contribution in [3.05, 3.63) is 58.7 Å². The Morgan fingerprint density at radius 2 is 1.95 bits per heavy atom. The second-order valence-electron chi connectivity index (χ2n) is 5.47. The lowest BCUT2D eigenvalue weighted by atomic mass is 10.1. The minimum absolute atomic E-state index is 0.144. The molecule has 1 aliphatic heterocycles. The Morgan fingerprint density at radius 1 is 1.15 bits per heavy atom. The maximum absolute atomic E-state index is 12.2. The Morgan fingerprint density at radius 3 is 2.70 bits per heavy atom. The monoisotopic (exact) mass is 266 g/mol. The second-order valence-corrected chi connectivity index (χ2v) is 5.47. The largest absolute Gasteiger partial charge is 0.399 e. The zero-order valence-electron chi connectivity index (χ0n) is 11.8. The number of nitrogens with zero attached hydrogens (tertiary/aromatic N) is 1. The Bertz CT molecular complexity index is 691. The third kappa shape index (κ3) is 2.16. The molecule has 1 amide bonds. The summed E-state index contributed by atoms with van der Waals surface area (Å²) in [5.41, 5.74) is 12.2. The van der Waals surface area contributed by atoms with Crippen molar-refractivity contribution in [2.45, 2.75) is 26.8 Å². The van der Waals surface area contributed by atoms with Gasteiger partial charge in [0.1, 0.15) is 0 Å². The Labute approximate surface area is 119 Å². The molecule has 0 spiro atoms. The maximum Gasteiger partial charge on any atom is 0.231 e. The lowest BCUT2D eigenvalue weighted by molar-refractivity contribution is -0.117. The van der Waals surface area contributed by atoms with Gasteiger partial charge in [-0.3, -0.25) is 4.79 Å². The van der Waals surface area contributed by atoms with Gasteiger partial charge in [0.2, 0.25) is 5.91 Å². The summed E-state index contributed by atoms with van der Waals surface area (Å²) in [6, 6.07) is 12.0. The van der Waals surface area contributed by atoms with Crippen LogP contribution in [-0.2, 0) is 17.8 Å². The molecule has 0 fully saturated rings. The number of carbonyl (C=O) groups is 1. The molecule has 3 rings (SSSR count). The van der Waals surface area contributed by atoms with Crippen molar-refractivity contribution in [1.82, 2.24) is 0 Å². The van der Waals surface area contributed by atoms with Gasteiger partial charge in [0.15, 0.2) is 0 Å². The number of hydrogen-bond acceptors (Lipinski definition) is 2. The summed E-state index contributed by atoms with van der Waals surface area (Å²) in [6.07, 6.45) is 0.450. The highest BCUT2D eigenvalue weighted by molar-refractivity contribution is 6.01. The van der Waals surface area contributed by atoms with Gasteiger partial charge in [0.05, 0.1) is 13.0 Å². The molecule has 0 saturated heterocycles. The predicted octanol–water partition coefficient (Wildman–Crippen LogP) is 2.97. The van der Waals surface area contributed by atoms with Crippen molar-refractivity contribution in [3.8, 4) is 0 Å². The van der Waals surface area contributed by atoms with Gasteiger partial charge in [0.25, 0.3) is 0 Å². The molecule has 2 aromatic rings. The molecule has 3 heteroatoms. The molecule has 0 saturated carbocycles. The number of fused-ring (bicyclic) bond motifs is 1. The number of nitrogens with two attached hydrogens (primary N) is 1. The van der Waals surface area contributed by atoms with Crippen LogP contribution in [0.1, 0.15) is 22.3 Å². The second kappa shape index (κ2) is 4.67. The summed E-state index contributed by atoms with van der Waals surface area (Å²) < 4.78 is 0. The fourth-order valence-electron chi connectivity index (χ4n) is 2.77. The number of amides is 1. The summed E-state index contributed by atoms with van der Waals surface area (Å²) in [5, 5.41) is 0. The first-order valence-electron chi connectivity index (χ1n) is 6.79. The Kier molecular flexibility index (Phi) is 2.97. The van der Waals surface area contributed by atoms with Crippen LogP contribution in [0, 0.1) is 13.8 Å². The van der Waals surface area contributed by atoms with E-state index >= 15 is 0 Å². The predicted molar refractivity (Wildman–Crippen MR) is 81.7 cm³/mol. The lowest BCUT2D eigenvalue weighted by Gasteiger charge is -2.19. The van der Waals surface area contributed by atoms with Crippen LogP contribution < -0.4 is 10.6 Å². The smallest absolute Gasteiger partial charge is 0.231 e. The van der Waals surface area contributed by atoms with E-state index in [1.54, 1.807) is 0 Å². The third-order valence-electron chi connectivity index (χ3n) is 3.86. The summed E-state index contributed by atoms with van der Waals surface area (Å²) >= 11 is 0. The minimum atomic E-state index is 0.144. The number of nitrogen functional groups attached to an aromatic ring is 1. The van der Waals surface area contributed by atoms with Gasteiger partial charge in [0, 0.05) is 11.4 Å². The lowest BCUT2D eigenvalue weighted by Crippen LogP contribution is -2.26. The first kappa shape index (κ1) is 12.7. The fraction of sp³-hybridized carbons (Fsp3) is 0.235. The molecular formula is C17H18N2O. The number of rotatable bonds is 2. The van der Waals surface area contributed by atoms with Crippen LogP contribution in [0.4, 0.5) is 11.4 Å². The van der Waals surface area contributed by atoms with Gasteiger partial charge in [-0.15, -0.1) is 0 Å². The zero-order chi connectivity index (χ0) is 14.3. The molecule has 0 aromatic heterocycles. The van der Waals surface area contributed by atoms with Crippen LogP contribution in [0.5, 0.6) is 0 Å². The molecule has 1 heterocycles. The maximum atomic E-state index is 12.2. The van der Waals surface area contributed by atoms with Gasteiger partial charge in [-0.25, -0.2) is 0 Å². The van der Waals surface area contributed by atoms with E-state index in [0.717, 1.165) is 11.3 Å². The number of carbonyl (C=O) groups excluding carboxylic acids is 1. The summed E-state index contributed by atoms with van der Waals surface area (Å²) in [6.45, 7) is 4.80. The number of aryl methyl sites for hydroxylation is 2. The molecule has 102 valence electrons. The quantitative estimate of drug-likeness (QED) is 0.849. The van der Waals surface area contributed by atoms with Crippen LogP contribution >= 0.6 is 0 Å². The highest BCUT2D eigenvalue weighted by Crippen LogP contribution is 2.32. The normalized spacial score (nSPS) is 13.7. The molecule has 0 atom stereocenters. The molecule has 3 nitrogen and oxygen atoms in total. The van der Waals surface area contributed by atoms with Gasteiger partial charge >= 0.3 is 0 Å². The van der Waals surface area contributed by atoms with E-state index in [4.69, 9.17) is 5.73 Å². The number of benzene rings is 2. The van der Waals surface area contributed by atoms with Crippen molar-refractivity contribution >= 4 is 17.3 Å². The van der Waals surface area contributed by atoms with Crippen LogP contribution in [0.15, 0.2) is 36.4 Å². The molecule has 0 radical (unpaired) electrons. The van der Waals surface area contributed by atoms with E-state index < -0.39 is 0 Å². The van der Waals surface area contributed by atoms with E-state index in [1.165, 1.54) is 16.7 Å². The van der Waals surface area contributed by atoms with E-state index in [-0.39, 0.29) is 5.91 Å². The van der Waals surface area contributed by atoms with E-state index in [2.05, 4.69) is 32.0 Å². The van der Waals surface area contributed by atoms with Crippen molar-refractivity contribution in [2.75, 3.05) is 10.6 Å². The standard InChI is InChI=1S/C17H18N2O/c1-11-3-4-13(12(2)7-11)10-19-16-6-5-15(18)8-14(16)9-17(19)20/h3-8H,9-10,18H2,1-2H3. The van der Waals surface area contributed by atoms with E-state index in [0.29, 0.717) is 18.7 Å². The summed E-state index contributed by atoms with van der Waals surface area (Å²) in [7, 11) is 0. The van der Waals surface area contributed by atoms with Crippen LogP contribution in [0.3, 0.4) is 0 Å². The molecule has 0 unspecified atom stereocenters. The number of anilines is 2. The molecule has 20 heavy (non-hydrogen) atoms. The van der Waals surface area contributed by atoms with E-state index in [1.807, 2.05) is 23.1 Å². The molecule has 2 N–H and O–H groups in total. The molecular weight excluding hydrogens is 248 g/mol. The van der Waals surface area contributed by atoms with Crippen molar-refractivity contribution in [3.63, 3.8) is 0 Å². The summed E-state index contributed by atoms with van der Waals surface area (Å²) in [4.78, 5) is 14.1. The molecule has 0 aliphatic carbocycles. The van der Waals surface area contributed by atoms with Crippen LogP contribution in [0.2, 0.25) is 0 Å². The van der Waals surface area contributed by atoms with Gasteiger partial charge < -0.3 is 10.6 Å². The van der Waals surface area contributed by atoms with Crippen molar-refractivity contribution in [2.24, 2.45) is 0 Å². The highest BCUT2D eigenvalue weighted by atomic mass is 16.2. The molecule has 1 aliphatic rings. The van der Waals surface area contributed by atoms with Crippen LogP contribution in [0.25, 0.3) is 0 Å². The van der Waals surface area contributed by atoms with Gasteiger partial charge in [-0.2, -0.15) is 0 Å². The van der Waals surface area contributed by atoms with E-state index in [9.17, 15) is 4.79 Å². The first-order chi connectivity index (χ1) is 9.54. The zero-order valence-corrected chi connectivity index (χ0v) is 11.8. The molecule has 2 aromatic carbocycles. The third-order valence-corrected chi connectivity index (χ3v) is 3.86. The van der Waals surface area contributed by atoms with Gasteiger partial charge in [-0.1, -0.05) is 23.8 Å². The van der Waals surface area contributed by atoms with Crippen molar-refractivity contribution < 1.29 is 4.79 Å². The SMILES string of the molecule is Cc1ccc(CN2C(=O)Cc3cc(N)ccc32)c(C)c1. The Hall–Kier alpha value is -2.29. The average Bonchev–Trinajstić information content (AvgIpc) is 2.68. The van der Waals surface area contributed by atoms with Gasteiger partial charge in [-0.05, 0) is 48.7 Å². The summed E-state index contributed by atoms with van der Waals surface area (Å²) in [5.74, 6) is 0.144. The fourth-order valence-corrected chi connectivity index (χ4v) is 2.77. The highest BCUT2D eigenvalue weighted by Gasteiger charge is 2.27. The first-order valence-corrected chi connectivity index (χ1v) is 6.79. The average molecular weight is 266 g/mol. The molecule has 0 bridgehead atoms. The minimum Gasteiger partial charge on any atom is -0.399 e. The number of hydrogen-bond donors (Lipinski definition) is 1. The topological polar surface area (TPSA) is 46.3 Å². The van der Waals surface area contributed by atoms with Crippen LogP contribution in [-0.4, -0.2) is 5.91 Å². The van der Waals surface area contributed by atoms with Crippen molar-refractivity contribution in [1.29, 1.82) is 0 Å². The Balaban J connectivity index is 1.94.